The van der Waals surface area contributed by atoms with E-state index in [2.05, 4.69) is 36.3 Å². The van der Waals surface area contributed by atoms with Crippen LogP contribution in [0, 0.1) is 6.92 Å². The predicted molar refractivity (Wildman–Crippen MR) is 60.4 cm³/mol. The summed E-state index contributed by atoms with van der Waals surface area (Å²) in [5.74, 6) is 0. The Hall–Kier alpha value is -1.61. The normalized spacial score (nSPS) is 10.5. The van der Waals surface area contributed by atoms with Gasteiger partial charge in [0, 0.05) is 18.3 Å². The maximum absolute atomic E-state index is 5.53. The highest BCUT2D eigenvalue weighted by atomic mass is 15.3. The molecule has 0 radical (unpaired) electrons. The molecule has 0 fully saturated rings. The number of aromatic nitrogens is 2. The van der Waals surface area contributed by atoms with E-state index in [4.69, 9.17) is 5.73 Å². The fraction of sp³-hybridized carbons (Fsp3) is 0.250. The van der Waals surface area contributed by atoms with Crippen molar-refractivity contribution in [2.24, 2.45) is 5.73 Å². The zero-order valence-electron chi connectivity index (χ0n) is 8.85. The van der Waals surface area contributed by atoms with Gasteiger partial charge in [-0.15, -0.1) is 0 Å². The highest BCUT2D eigenvalue weighted by Crippen LogP contribution is 2.06. The zero-order valence-corrected chi connectivity index (χ0v) is 8.85. The summed E-state index contributed by atoms with van der Waals surface area (Å²) in [4.78, 5) is 0. The molecule has 0 amide bonds. The molecule has 0 saturated heterocycles. The molecule has 0 atom stereocenters. The monoisotopic (exact) mass is 201 g/mol. The Labute approximate surface area is 89.5 Å². The molecular formula is C12H15N3. The van der Waals surface area contributed by atoms with Gasteiger partial charge in [0.25, 0.3) is 0 Å². The topological polar surface area (TPSA) is 43.8 Å². The van der Waals surface area contributed by atoms with Crippen molar-refractivity contribution in [3.8, 4) is 0 Å². The average molecular weight is 201 g/mol. The van der Waals surface area contributed by atoms with Gasteiger partial charge < -0.3 is 5.73 Å². The average Bonchev–Trinajstić information content (AvgIpc) is 2.65. The van der Waals surface area contributed by atoms with Crippen molar-refractivity contribution in [3.05, 3.63) is 53.3 Å². The largest absolute Gasteiger partial charge is 0.326 e. The predicted octanol–water partition coefficient (Wildman–Crippen LogP) is 1.70. The summed E-state index contributed by atoms with van der Waals surface area (Å²) in [5.41, 5.74) is 9.14. The van der Waals surface area contributed by atoms with Gasteiger partial charge in [-0.2, -0.15) is 5.10 Å². The second-order valence-corrected chi connectivity index (χ2v) is 3.74. The summed E-state index contributed by atoms with van der Waals surface area (Å²) < 4.78 is 1.91. The molecule has 3 nitrogen and oxygen atoms in total. The number of hydrogen-bond acceptors (Lipinski definition) is 2. The minimum Gasteiger partial charge on any atom is -0.326 e. The van der Waals surface area contributed by atoms with E-state index in [0.717, 1.165) is 12.1 Å². The number of benzene rings is 1. The van der Waals surface area contributed by atoms with E-state index in [9.17, 15) is 0 Å². The molecule has 0 aliphatic rings. The minimum atomic E-state index is 0.549. The molecule has 0 aliphatic heterocycles. The third-order valence-electron chi connectivity index (χ3n) is 2.35. The van der Waals surface area contributed by atoms with Gasteiger partial charge in [0.05, 0.1) is 12.7 Å². The molecule has 0 bridgehead atoms. The van der Waals surface area contributed by atoms with E-state index in [1.165, 1.54) is 11.1 Å². The van der Waals surface area contributed by atoms with Crippen molar-refractivity contribution in [2.75, 3.05) is 0 Å². The van der Waals surface area contributed by atoms with Crippen LogP contribution < -0.4 is 5.73 Å². The first kappa shape index (κ1) is 9.93. The van der Waals surface area contributed by atoms with E-state index in [0.29, 0.717) is 6.54 Å². The maximum atomic E-state index is 5.53. The Kier molecular flexibility index (Phi) is 2.83. The molecule has 0 unspecified atom stereocenters. The van der Waals surface area contributed by atoms with Crippen molar-refractivity contribution < 1.29 is 0 Å². The summed E-state index contributed by atoms with van der Waals surface area (Å²) in [6.07, 6.45) is 3.80. The third-order valence-corrected chi connectivity index (χ3v) is 2.35. The van der Waals surface area contributed by atoms with Gasteiger partial charge in [-0.25, -0.2) is 0 Å². The molecule has 2 aromatic rings. The zero-order chi connectivity index (χ0) is 10.7. The number of rotatable bonds is 3. The van der Waals surface area contributed by atoms with Gasteiger partial charge in [0.15, 0.2) is 0 Å². The molecule has 0 saturated carbocycles. The Morgan fingerprint density at radius 2 is 2.20 bits per heavy atom. The lowest BCUT2D eigenvalue weighted by atomic mass is 10.1. The van der Waals surface area contributed by atoms with Crippen LogP contribution in [-0.4, -0.2) is 9.78 Å². The van der Waals surface area contributed by atoms with Gasteiger partial charge in [-0.1, -0.05) is 29.8 Å². The summed E-state index contributed by atoms with van der Waals surface area (Å²) >= 11 is 0. The lowest BCUT2D eigenvalue weighted by Crippen LogP contribution is -2.00. The van der Waals surface area contributed by atoms with Gasteiger partial charge in [-0.05, 0) is 12.5 Å². The lowest BCUT2D eigenvalue weighted by molar-refractivity contribution is 0.686. The number of aryl methyl sites for hydroxylation is 1. The fourth-order valence-corrected chi connectivity index (χ4v) is 1.60. The van der Waals surface area contributed by atoms with Gasteiger partial charge in [0.1, 0.15) is 0 Å². The Balaban J connectivity index is 2.14. The standard InChI is InChI=1S/C12H15N3/c1-10-3-2-4-11(5-10)8-15-9-12(6-13)7-14-15/h2-5,7,9H,6,8,13H2,1H3. The molecule has 1 heterocycles. The van der Waals surface area contributed by atoms with Crippen molar-refractivity contribution in [3.63, 3.8) is 0 Å². The van der Waals surface area contributed by atoms with Crippen LogP contribution in [-0.2, 0) is 13.1 Å². The van der Waals surface area contributed by atoms with Crippen LogP contribution in [0.25, 0.3) is 0 Å². The minimum absolute atomic E-state index is 0.549. The van der Waals surface area contributed by atoms with E-state index < -0.39 is 0 Å². The molecule has 2 N–H and O–H groups in total. The molecular weight excluding hydrogens is 186 g/mol. The van der Waals surface area contributed by atoms with E-state index in [1.807, 2.05) is 17.1 Å². The van der Waals surface area contributed by atoms with Crippen molar-refractivity contribution in [2.45, 2.75) is 20.0 Å². The molecule has 1 aromatic heterocycles. The van der Waals surface area contributed by atoms with Crippen LogP contribution in [0.5, 0.6) is 0 Å². The lowest BCUT2D eigenvalue weighted by Gasteiger charge is -2.02. The second kappa shape index (κ2) is 4.28. The van der Waals surface area contributed by atoms with Crippen molar-refractivity contribution >= 4 is 0 Å². The quantitative estimate of drug-likeness (QED) is 0.821. The maximum Gasteiger partial charge on any atom is 0.0659 e. The molecule has 15 heavy (non-hydrogen) atoms. The second-order valence-electron chi connectivity index (χ2n) is 3.74. The number of nitrogens with two attached hydrogens (primary N) is 1. The first-order valence-electron chi connectivity index (χ1n) is 5.05. The first-order valence-corrected chi connectivity index (χ1v) is 5.05. The highest BCUT2D eigenvalue weighted by molar-refractivity contribution is 5.22. The molecule has 2 rings (SSSR count). The van der Waals surface area contributed by atoms with E-state index >= 15 is 0 Å². The Bertz CT molecular complexity index is 446. The highest BCUT2D eigenvalue weighted by Gasteiger charge is 1.98. The summed E-state index contributed by atoms with van der Waals surface area (Å²) in [6, 6.07) is 8.44. The van der Waals surface area contributed by atoms with Crippen molar-refractivity contribution in [1.82, 2.24) is 9.78 Å². The summed E-state index contributed by atoms with van der Waals surface area (Å²) in [6.45, 7) is 3.45. The summed E-state index contributed by atoms with van der Waals surface area (Å²) in [7, 11) is 0. The van der Waals surface area contributed by atoms with Crippen LogP contribution in [0.3, 0.4) is 0 Å². The third kappa shape index (κ3) is 2.44. The van der Waals surface area contributed by atoms with Crippen LogP contribution >= 0.6 is 0 Å². The van der Waals surface area contributed by atoms with E-state index in [-0.39, 0.29) is 0 Å². The Morgan fingerprint density at radius 3 is 2.87 bits per heavy atom. The summed E-state index contributed by atoms with van der Waals surface area (Å²) in [5, 5.41) is 4.25. The van der Waals surface area contributed by atoms with Crippen LogP contribution in [0.15, 0.2) is 36.7 Å². The molecule has 1 aromatic carbocycles. The molecule has 0 spiro atoms. The van der Waals surface area contributed by atoms with Crippen LogP contribution in [0.4, 0.5) is 0 Å². The van der Waals surface area contributed by atoms with Gasteiger partial charge in [0.2, 0.25) is 0 Å². The fourth-order valence-electron chi connectivity index (χ4n) is 1.60. The van der Waals surface area contributed by atoms with Crippen LogP contribution in [0.2, 0.25) is 0 Å². The Morgan fingerprint density at radius 1 is 1.33 bits per heavy atom. The first-order chi connectivity index (χ1) is 7.28. The SMILES string of the molecule is Cc1cccc(Cn2cc(CN)cn2)c1. The van der Waals surface area contributed by atoms with Crippen LogP contribution in [0.1, 0.15) is 16.7 Å². The van der Waals surface area contributed by atoms with Gasteiger partial charge >= 0.3 is 0 Å². The molecule has 3 heteroatoms. The van der Waals surface area contributed by atoms with E-state index in [1.54, 1.807) is 0 Å². The molecule has 0 aliphatic carbocycles. The number of hydrogen-bond donors (Lipinski definition) is 1. The molecule has 78 valence electrons. The van der Waals surface area contributed by atoms with Crippen molar-refractivity contribution in [1.29, 1.82) is 0 Å². The van der Waals surface area contributed by atoms with Gasteiger partial charge in [-0.3, -0.25) is 4.68 Å². The smallest absolute Gasteiger partial charge is 0.0659 e. The number of nitrogens with zero attached hydrogens (tertiary/aromatic N) is 2.